The Labute approximate surface area is 193 Å². The van der Waals surface area contributed by atoms with Crippen LogP contribution in [0.1, 0.15) is 22.3 Å². The SMILES string of the molecule is Cc1ccc(P(I)(Cc2ccccc2)(c2ccc(C)cc2)c2ccc(C)cc2)cc1. The molecule has 4 aromatic carbocycles. The van der Waals surface area contributed by atoms with Crippen molar-refractivity contribution in [2.45, 2.75) is 26.9 Å². The van der Waals surface area contributed by atoms with Crippen LogP contribution in [0.5, 0.6) is 0 Å². The Balaban J connectivity index is 2.10. The van der Waals surface area contributed by atoms with Crippen molar-refractivity contribution in [1.82, 2.24) is 0 Å². The van der Waals surface area contributed by atoms with Gasteiger partial charge in [-0.15, -0.1) is 0 Å². The molecule has 0 aromatic heterocycles. The van der Waals surface area contributed by atoms with Crippen molar-refractivity contribution in [3.05, 3.63) is 125 Å². The van der Waals surface area contributed by atoms with Crippen LogP contribution in [0, 0.1) is 20.8 Å². The molecule has 0 atom stereocenters. The van der Waals surface area contributed by atoms with Gasteiger partial charge in [-0.05, 0) is 0 Å². The fourth-order valence-electron chi connectivity index (χ4n) is 4.21. The van der Waals surface area contributed by atoms with E-state index in [0.29, 0.717) is 0 Å². The Hall–Kier alpha value is -1.96. The van der Waals surface area contributed by atoms with E-state index in [9.17, 15) is 0 Å². The number of benzene rings is 4. The van der Waals surface area contributed by atoms with Gasteiger partial charge in [0.05, 0.1) is 0 Å². The summed E-state index contributed by atoms with van der Waals surface area (Å²) in [7, 11) is 0. The van der Waals surface area contributed by atoms with Crippen LogP contribution < -0.4 is 15.9 Å². The molecule has 0 saturated heterocycles. The summed E-state index contributed by atoms with van der Waals surface area (Å²) in [6.07, 6.45) is 1.00. The topological polar surface area (TPSA) is 0 Å². The van der Waals surface area contributed by atoms with Gasteiger partial charge in [0, 0.05) is 0 Å². The van der Waals surface area contributed by atoms with E-state index in [1.165, 1.54) is 38.2 Å². The Morgan fingerprint density at radius 2 is 0.833 bits per heavy atom. The second kappa shape index (κ2) is 8.29. The molecule has 0 bridgehead atoms. The molecule has 0 N–H and O–H groups in total. The standard InChI is InChI=1S/C28H28IP/c1-22-9-15-26(16-10-22)30(29,21-25-7-5-4-6-8-25,27-17-11-23(2)12-18-27)28-19-13-24(3)14-20-28/h4-20H,21H2,1-3H3. The normalized spacial score (nSPS) is 12.9. The third kappa shape index (κ3) is 3.74. The fraction of sp³-hybridized carbons (Fsp3) is 0.143. The summed E-state index contributed by atoms with van der Waals surface area (Å²) in [5, 5.41) is 4.30. The average Bonchev–Trinajstić information content (AvgIpc) is 2.76. The predicted molar refractivity (Wildman–Crippen MR) is 144 cm³/mol. The van der Waals surface area contributed by atoms with E-state index in [1.807, 2.05) is 0 Å². The Morgan fingerprint density at radius 1 is 0.500 bits per heavy atom. The maximum absolute atomic E-state index is 2.87. The van der Waals surface area contributed by atoms with Gasteiger partial charge < -0.3 is 0 Å². The number of hydrogen-bond acceptors (Lipinski definition) is 0. The molecule has 4 aromatic rings. The summed E-state index contributed by atoms with van der Waals surface area (Å²) < 4.78 is -2.78. The molecule has 0 nitrogen and oxygen atoms in total. The minimum absolute atomic E-state index is 1.00. The number of rotatable bonds is 5. The van der Waals surface area contributed by atoms with Crippen LogP contribution >= 0.6 is 26.3 Å². The van der Waals surface area contributed by atoms with E-state index in [4.69, 9.17) is 0 Å². The number of hydrogen-bond donors (Lipinski definition) is 0. The van der Waals surface area contributed by atoms with Crippen molar-refractivity contribution in [1.29, 1.82) is 0 Å². The summed E-state index contributed by atoms with van der Waals surface area (Å²) in [6, 6.07) is 38.8. The van der Waals surface area contributed by atoms with Gasteiger partial charge in [0.15, 0.2) is 0 Å². The van der Waals surface area contributed by atoms with E-state index in [0.717, 1.165) is 6.16 Å². The first-order valence-electron chi connectivity index (χ1n) is 10.4. The molecule has 0 radical (unpaired) electrons. The molecule has 30 heavy (non-hydrogen) atoms. The van der Waals surface area contributed by atoms with E-state index in [1.54, 1.807) is 0 Å². The molecule has 0 unspecified atom stereocenters. The molecule has 0 aliphatic heterocycles. The zero-order chi connectivity index (χ0) is 21.2. The van der Waals surface area contributed by atoms with Crippen LogP contribution in [-0.4, -0.2) is 0 Å². The van der Waals surface area contributed by atoms with Gasteiger partial charge in [-0.1, -0.05) is 0 Å². The molecule has 0 heterocycles. The van der Waals surface area contributed by atoms with Gasteiger partial charge in [0.1, 0.15) is 0 Å². The molecule has 0 aliphatic carbocycles. The molecule has 0 amide bonds. The fourth-order valence-corrected chi connectivity index (χ4v) is 12.9. The molecule has 2 heteroatoms. The van der Waals surface area contributed by atoms with Crippen LogP contribution in [0.15, 0.2) is 103 Å². The van der Waals surface area contributed by atoms with E-state index in [2.05, 4.69) is 146 Å². The zero-order valence-electron chi connectivity index (χ0n) is 17.8. The first kappa shape index (κ1) is 21.3. The minimum atomic E-state index is -2.78. The molecule has 0 fully saturated rings. The molecule has 0 aliphatic rings. The van der Waals surface area contributed by atoms with Crippen molar-refractivity contribution >= 4 is 42.2 Å². The number of halogens is 1. The van der Waals surface area contributed by atoms with E-state index >= 15 is 0 Å². The zero-order valence-corrected chi connectivity index (χ0v) is 20.9. The first-order valence-corrected chi connectivity index (χ1v) is 15.6. The van der Waals surface area contributed by atoms with Crippen molar-refractivity contribution < 1.29 is 0 Å². The summed E-state index contributed by atoms with van der Waals surface area (Å²) in [5.74, 6) is 0. The number of aryl methyl sites for hydroxylation is 3. The molecular weight excluding hydrogens is 494 g/mol. The summed E-state index contributed by atoms with van der Waals surface area (Å²) in [6.45, 7) is 6.50. The second-order valence-corrected chi connectivity index (χ2v) is 19.0. The summed E-state index contributed by atoms with van der Waals surface area (Å²) >= 11 is 2.87. The van der Waals surface area contributed by atoms with Crippen LogP contribution in [0.2, 0.25) is 0 Å². The van der Waals surface area contributed by atoms with E-state index < -0.39 is 4.25 Å². The van der Waals surface area contributed by atoms with Gasteiger partial charge in [0.25, 0.3) is 0 Å². The van der Waals surface area contributed by atoms with Gasteiger partial charge in [-0.3, -0.25) is 0 Å². The molecule has 4 rings (SSSR count). The third-order valence-electron chi connectivity index (χ3n) is 6.04. The molecule has 152 valence electrons. The summed E-state index contributed by atoms with van der Waals surface area (Å²) in [5.41, 5.74) is 5.28. The predicted octanol–water partition coefficient (Wildman–Crippen LogP) is 6.99. The summed E-state index contributed by atoms with van der Waals surface area (Å²) in [4.78, 5) is 0. The monoisotopic (exact) mass is 522 g/mol. The van der Waals surface area contributed by atoms with Crippen LogP contribution in [-0.2, 0) is 6.16 Å². The average molecular weight is 522 g/mol. The second-order valence-electron chi connectivity index (χ2n) is 8.33. The van der Waals surface area contributed by atoms with E-state index in [-0.39, 0.29) is 0 Å². The molecule has 0 saturated carbocycles. The Morgan fingerprint density at radius 3 is 1.17 bits per heavy atom. The van der Waals surface area contributed by atoms with Gasteiger partial charge >= 0.3 is 195 Å². The van der Waals surface area contributed by atoms with Crippen molar-refractivity contribution in [3.8, 4) is 0 Å². The van der Waals surface area contributed by atoms with Crippen molar-refractivity contribution in [2.24, 2.45) is 0 Å². The van der Waals surface area contributed by atoms with Crippen molar-refractivity contribution in [3.63, 3.8) is 0 Å². The third-order valence-corrected chi connectivity index (χ3v) is 17.2. The quantitative estimate of drug-likeness (QED) is 0.196. The van der Waals surface area contributed by atoms with Crippen molar-refractivity contribution in [2.75, 3.05) is 0 Å². The molecule has 0 spiro atoms. The maximum atomic E-state index is 2.87. The van der Waals surface area contributed by atoms with Crippen LogP contribution in [0.25, 0.3) is 0 Å². The van der Waals surface area contributed by atoms with Gasteiger partial charge in [0.2, 0.25) is 0 Å². The molecular formula is C28H28IP. The Kier molecular flexibility index (Phi) is 5.88. The first-order chi connectivity index (χ1) is 14.4. The van der Waals surface area contributed by atoms with Crippen LogP contribution in [0.3, 0.4) is 0 Å². The Bertz CT molecular complexity index is 1010. The van der Waals surface area contributed by atoms with Crippen LogP contribution in [0.4, 0.5) is 0 Å². The van der Waals surface area contributed by atoms with Gasteiger partial charge in [-0.25, -0.2) is 0 Å². The van der Waals surface area contributed by atoms with Gasteiger partial charge in [-0.2, -0.15) is 0 Å².